The number of hydrogen-bond acceptors (Lipinski definition) is 5. The summed E-state index contributed by atoms with van der Waals surface area (Å²) in [6, 6.07) is 4.23. The maximum atomic E-state index is 13.7. The summed E-state index contributed by atoms with van der Waals surface area (Å²) in [4.78, 5) is 21.5. The Labute approximate surface area is 163 Å². The molecule has 0 amide bonds. The van der Waals surface area contributed by atoms with Crippen molar-refractivity contribution in [2.24, 2.45) is 9.98 Å². The van der Waals surface area contributed by atoms with Gasteiger partial charge in [0.15, 0.2) is 5.84 Å². The topological polar surface area (TPSA) is 63.0 Å². The van der Waals surface area contributed by atoms with Gasteiger partial charge in [-0.3, -0.25) is 4.99 Å². The number of rotatable bonds is 6. The van der Waals surface area contributed by atoms with E-state index in [2.05, 4.69) is 23.5 Å². The van der Waals surface area contributed by atoms with Gasteiger partial charge in [-0.1, -0.05) is 30.8 Å². The molecule has 0 aliphatic carbocycles. The normalized spacial score (nSPS) is 19.9. The number of carbonyl (C=O) groups is 1. The SMILES string of the molecule is C=CN=C(C=C)C1=NC(C)(c2ccc(F)c(Cl)c2)C(C(=O)OCC)=C(C)N1. The molecule has 1 atom stereocenters. The first-order chi connectivity index (χ1) is 12.8. The number of amidine groups is 1. The van der Waals surface area contributed by atoms with Crippen LogP contribution in [0.4, 0.5) is 4.39 Å². The van der Waals surface area contributed by atoms with Gasteiger partial charge in [-0.25, -0.2) is 14.2 Å². The molecule has 1 aliphatic heterocycles. The van der Waals surface area contributed by atoms with E-state index in [-0.39, 0.29) is 11.6 Å². The van der Waals surface area contributed by atoms with Crippen LogP contribution in [-0.4, -0.2) is 24.1 Å². The van der Waals surface area contributed by atoms with Crippen LogP contribution in [0.2, 0.25) is 5.02 Å². The highest BCUT2D eigenvalue weighted by atomic mass is 35.5. The quantitative estimate of drug-likeness (QED) is 0.582. The number of nitrogens with one attached hydrogen (secondary N) is 1. The van der Waals surface area contributed by atoms with E-state index in [0.29, 0.717) is 28.4 Å². The predicted octanol–water partition coefficient (Wildman–Crippen LogP) is 4.30. The zero-order chi connectivity index (χ0) is 20.2. The Hall–Kier alpha value is -2.73. The lowest BCUT2D eigenvalue weighted by molar-refractivity contribution is -0.139. The van der Waals surface area contributed by atoms with Crippen molar-refractivity contribution in [1.82, 2.24) is 5.32 Å². The molecule has 7 heteroatoms. The molecule has 0 saturated carbocycles. The minimum absolute atomic E-state index is 0.0615. The zero-order valence-electron chi connectivity index (χ0n) is 15.5. The van der Waals surface area contributed by atoms with Gasteiger partial charge >= 0.3 is 5.97 Å². The molecule has 2 rings (SSSR count). The first kappa shape index (κ1) is 20.6. The standard InChI is InChI=1S/C20H21ClFN3O2/c1-6-16(23-7-2)18-24-12(4)17(19(26)27-8-3)20(5,25-18)13-9-10-15(22)14(21)11-13/h6-7,9-11H,1-2,8H2,3-5H3,(H,24,25). The van der Waals surface area contributed by atoms with E-state index < -0.39 is 17.3 Å². The number of benzene rings is 1. The number of hydrogen-bond donors (Lipinski definition) is 1. The minimum atomic E-state index is -1.17. The monoisotopic (exact) mass is 389 g/mol. The van der Waals surface area contributed by atoms with Gasteiger partial charge in [0.05, 0.1) is 17.2 Å². The van der Waals surface area contributed by atoms with Crippen LogP contribution >= 0.6 is 11.6 Å². The van der Waals surface area contributed by atoms with E-state index >= 15 is 0 Å². The van der Waals surface area contributed by atoms with Crippen LogP contribution < -0.4 is 5.32 Å². The fraction of sp³-hybridized carbons (Fsp3) is 0.250. The fourth-order valence-electron chi connectivity index (χ4n) is 2.91. The van der Waals surface area contributed by atoms with Gasteiger partial charge in [-0.15, -0.1) is 0 Å². The number of nitrogens with zero attached hydrogens (tertiary/aromatic N) is 2. The van der Waals surface area contributed by atoms with Crippen LogP contribution in [0.1, 0.15) is 26.3 Å². The second-order valence-corrected chi connectivity index (χ2v) is 6.32. The van der Waals surface area contributed by atoms with Crippen molar-refractivity contribution in [3.8, 4) is 0 Å². The maximum Gasteiger partial charge on any atom is 0.338 e. The fourth-order valence-corrected chi connectivity index (χ4v) is 3.09. The molecular formula is C20H21ClFN3O2. The Morgan fingerprint density at radius 3 is 2.74 bits per heavy atom. The van der Waals surface area contributed by atoms with Crippen LogP contribution in [-0.2, 0) is 15.1 Å². The van der Waals surface area contributed by atoms with Crippen molar-refractivity contribution in [2.45, 2.75) is 26.3 Å². The van der Waals surface area contributed by atoms with E-state index in [1.807, 2.05) is 0 Å². The molecule has 5 nitrogen and oxygen atoms in total. The van der Waals surface area contributed by atoms with Crippen molar-refractivity contribution >= 4 is 29.1 Å². The lowest BCUT2D eigenvalue weighted by Crippen LogP contribution is -2.43. The molecule has 0 radical (unpaired) electrons. The zero-order valence-corrected chi connectivity index (χ0v) is 16.2. The van der Waals surface area contributed by atoms with Crippen molar-refractivity contribution in [1.29, 1.82) is 0 Å². The van der Waals surface area contributed by atoms with Crippen molar-refractivity contribution in [2.75, 3.05) is 6.61 Å². The lowest BCUT2D eigenvalue weighted by Gasteiger charge is -2.34. The number of carbonyl (C=O) groups excluding carboxylic acids is 1. The molecule has 0 bridgehead atoms. The summed E-state index contributed by atoms with van der Waals surface area (Å²) in [7, 11) is 0. The first-order valence-electron chi connectivity index (χ1n) is 8.30. The molecule has 0 fully saturated rings. The van der Waals surface area contributed by atoms with E-state index in [9.17, 15) is 9.18 Å². The summed E-state index contributed by atoms with van der Waals surface area (Å²) in [5.74, 6) is -0.673. The highest BCUT2D eigenvalue weighted by molar-refractivity contribution is 6.46. The third-order valence-corrected chi connectivity index (χ3v) is 4.42. The minimum Gasteiger partial charge on any atom is -0.463 e. The Morgan fingerprint density at radius 1 is 1.48 bits per heavy atom. The second-order valence-electron chi connectivity index (χ2n) is 5.91. The molecule has 27 heavy (non-hydrogen) atoms. The third kappa shape index (κ3) is 4.01. The Morgan fingerprint density at radius 2 is 2.19 bits per heavy atom. The summed E-state index contributed by atoms with van der Waals surface area (Å²) in [6.45, 7) is 12.7. The molecule has 1 heterocycles. The van der Waals surface area contributed by atoms with Gasteiger partial charge in [0.2, 0.25) is 0 Å². The highest BCUT2D eigenvalue weighted by Gasteiger charge is 2.41. The van der Waals surface area contributed by atoms with Crippen LogP contribution in [0.5, 0.6) is 0 Å². The summed E-state index contributed by atoms with van der Waals surface area (Å²) in [6.07, 6.45) is 2.89. The average Bonchev–Trinajstić information content (AvgIpc) is 2.61. The van der Waals surface area contributed by atoms with Crippen LogP contribution in [0.15, 0.2) is 64.9 Å². The summed E-state index contributed by atoms with van der Waals surface area (Å²) in [5.41, 5.74) is 0.668. The van der Waals surface area contributed by atoms with Gasteiger partial charge in [0.1, 0.15) is 17.1 Å². The predicted molar refractivity (Wildman–Crippen MR) is 106 cm³/mol. The smallest absolute Gasteiger partial charge is 0.338 e. The molecule has 0 spiro atoms. The number of esters is 1. The van der Waals surface area contributed by atoms with Crippen LogP contribution in [0.25, 0.3) is 0 Å². The van der Waals surface area contributed by atoms with E-state index in [4.69, 9.17) is 21.3 Å². The van der Waals surface area contributed by atoms with E-state index in [1.165, 1.54) is 24.4 Å². The average molecular weight is 390 g/mol. The molecule has 1 aliphatic rings. The summed E-state index contributed by atoms with van der Waals surface area (Å²) < 4.78 is 18.9. The number of allylic oxidation sites excluding steroid dienone is 1. The van der Waals surface area contributed by atoms with Gasteiger partial charge in [-0.2, -0.15) is 0 Å². The van der Waals surface area contributed by atoms with Crippen LogP contribution in [0.3, 0.4) is 0 Å². The number of halogens is 2. The largest absolute Gasteiger partial charge is 0.463 e. The van der Waals surface area contributed by atoms with Gasteiger partial charge < -0.3 is 10.1 Å². The molecule has 142 valence electrons. The second kappa shape index (κ2) is 8.31. The third-order valence-electron chi connectivity index (χ3n) is 4.13. The van der Waals surface area contributed by atoms with Crippen LogP contribution in [0, 0.1) is 5.82 Å². The Balaban J connectivity index is 2.73. The Bertz CT molecular complexity index is 889. The molecule has 1 aromatic carbocycles. The molecule has 1 aromatic rings. The van der Waals surface area contributed by atoms with Crippen molar-refractivity contribution in [3.63, 3.8) is 0 Å². The highest BCUT2D eigenvalue weighted by Crippen LogP contribution is 2.39. The van der Waals surface area contributed by atoms with Gasteiger partial charge in [-0.05, 0) is 44.5 Å². The summed E-state index contributed by atoms with van der Waals surface area (Å²) in [5, 5.41) is 3.00. The molecule has 1 N–H and O–H groups in total. The first-order valence-corrected chi connectivity index (χ1v) is 8.68. The van der Waals surface area contributed by atoms with Crippen molar-refractivity contribution in [3.05, 3.63) is 71.3 Å². The van der Waals surface area contributed by atoms with Crippen molar-refractivity contribution < 1.29 is 13.9 Å². The van der Waals surface area contributed by atoms with Gasteiger partial charge in [0, 0.05) is 11.9 Å². The maximum absolute atomic E-state index is 13.7. The number of aliphatic imine (C=N–C) groups is 2. The molecule has 0 saturated heterocycles. The van der Waals surface area contributed by atoms with Gasteiger partial charge in [0.25, 0.3) is 0 Å². The Kier molecular flexibility index (Phi) is 6.33. The lowest BCUT2D eigenvalue weighted by atomic mass is 9.82. The summed E-state index contributed by atoms with van der Waals surface area (Å²) >= 11 is 5.97. The van der Waals surface area contributed by atoms with E-state index in [1.54, 1.807) is 26.8 Å². The number of ether oxygens (including phenoxy) is 1. The van der Waals surface area contributed by atoms with E-state index in [0.717, 1.165) is 0 Å². The molecule has 0 aromatic heterocycles. The molecule has 1 unspecified atom stereocenters. The molecular weight excluding hydrogens is 369 g/mol.